The zero-order valence-electron chi connectivity index (χ0n) is 17.0. The van der Waals surface area contributed by atoms with Crippen LogP contribution < -0.4 is 9.62 Å². The van der Waals surface area contributed by atoms with E-state index in [-0.39, 0.29) is 13.0 Å². The number of aromatic nitrogens is 1. The predicted octanol–water partition coefficient (Wildman–Crippen LogP) is 4.99. The predicted molar refractivity (Wildman–Crippen MR) is 117 cm³/mol. The van der Waals surface area contributed by atoms with Crippen LogP contribution in [0.3, 0.4) is 0 Å². The van der Waals surface area contributed by atoms with Gasteiger partial charge in [-0.25, -0.2) is 19.1 Å². The van der Waals surface area contributed by atoms with Crippen LogP contribution in [0.15, 0.2) is 24.4 Å². The molecule has 160 valence electrons. The standard InChI is InChI=1S/C19H25ClFN3O3S2/c1-18(2,3)24(17(25)26)16-22-10-14(28-16)11-23-29(27)19(4,5)9-12-6-7-13(20)8-15(12)21/h6-8,10,23H,9,11H2,1-5H3,(H,25,26)/t29-/m1/s1. The van der Waals surface area contributed by atoms with Crippen molar-refractivity contribution in [1.82, 2.24) is 9.71 Å². The van der Waals surface area contributed by atoms with E-state index in [0.717, 1.165) is 4.88 Å². The Kier molecular flexibility index (Phi) is 7.56. The van der Waals surface area contributed by atoms with Gasteiger partial charge in [0.15, 0.2) is 5.13 Å². The third kappa shape index (κ3) is 6.29. The maximum atomic E-state index is 14.1. The number of carbonyl (C=O) groups is 1. The Morgan fingerprint density at radius 2 is 2.03 bits per heavy atom. The van der Waals surface area contributed by atoms with Gasteiger partial charge in [0.25, 0.3) is 0 Å². The molecule has 29 heavy (non-hydrogen) atoms. The average Bonchev–Trinajstić information content (AvgIpc) is 3.01. The number of hydrogen-bond acceptors (Lipinski definition) is 5. The van der Waals surface area contributed by atoms with Crippen LogP contribution in [-0.2, 0) is 24.3 Å². The van der Waals surface area contributed by atoms with Crippen LogP contribution in [0.5, 0.6) is 0 Å². The van der Waals surface area contributed by atoms with Gasteiger partial charge in [0.1, 0.15) is 10.6 Å². The molecule has 0 saturated carbocycles. The first kappa shape index (κ1) is 23.9. The fourth-order valence-corrected chi connectivity index (χ4v) is 4.91. The summed E-state index contributed by atoms with van der Waals surface area (Å²) in [6.07, 6.45) is 0.749. The van der Waals surface area contributed by atoms with Gasteiger partial charge in [0.05, 0.1) is 6.54 Å². The summed E-state index contributed by atoms with van der Waals surface area (Å²) in [6, 6.07) is 4.44. The van der Waals surface area contributed by atoms with E-state index in [9.17, 15) is 18.8 Å². The number of hydrogen-bond donors (Lipinski definition) is 2. The van der Waals surface area contributed by atoms with E-state index in [1.165, 1.54) is 22.3 Å². The highest BCUT2D eigenvalue weighted by Gasteiger charge is 2.34. The first-order valence-corrected chi connectivity index (χ1v) is 11.2. The maximum Gasteiger partial charge on any atom is 0.414 e. The van der Waals surface area contributed by atoms with Crippen molar-refractivity contribution in [3.8, 4) is 0 Å². The molecule has 2 N–H and O–H groups in total. The van der Waals surface area contributed by atoms with E-state index < -0.39 is 33.6 Å². The molecule has 2 rings (SSSR count). The molecule has 6 nitrogen and oxygen atoms in total. The molecular weight excluding hydrogens is 437 g/mol. The van der Waals surface area contributed by atoms with Crippen molar-refractivity contribution in [2.75, 3.05) is 4.90 Å². The van der Waals surface area contributed by atoms with E-state index in [1.54, 1.807) is 52.9 Å². The van der Waals surface area contributed by atoms with Gasteiger partial charge in [-0.1, -0.05) is 29.0 Å². The molecule has 1 atom stereocenters. The van der Waals surface area contributed by atoms with Crippen molar-refractivity contribution in [2.24, 2.45) is 0 Å². The third-order valence-corrected chi connectivity index (χ3v) is 6.88. The molecule has 2 aromatic rings. The highest BCUT2D eigenvalue weighted by molar-refractivity contribution is 7.90. The van der Waals surface area contributed by atoms with Crippen molar-refractivity contribution in [3.63, 3.8) is 0 Å². The van der Waals surface area contributed by atoms with Crippen molar-refractivity contribution in [2.45, 2.75) is 57.9 Å². The molecule has 0 spiro atoms. The molecule has 0 unspecified atom stereocenters. The maximum absolute atomic E-state index is 14.1. The van der Waals surface area contributed by atoms with E-state index >= 15 is 0 Å². The number of thiazole rings is 1. The fraction of sp³-hybridized carbons (Fsp3) is 0.474. The van der Waals surface area contributed by atoms with Crippen molar-refractivity contribution in [1.29, 1.82) is 0 Å². The molecule has 0 saturated heterocycles. The van der Waals surface area contributed by atoms with Crippen LogP contribution >= 0.6 is 22.9 Å². The Labute approximate surface area is 182 Å². The molecule has 1 aromatic carbocycles. The fourth-order valence-electron chi connectivity index (χ4n) is 2.66. The van der Waals surface area contributed by atoms with Gasteiger partial charge in [-0.2, -0.15) is 0 Å². The van der Waals surface area contributed by atoms with Crippen LogP contribution in [0.2, 0.25) is 5.02 Å². The zero-order chi connectivity index (χ0) is 22.0. The lowest BCUT2D eigenvalue weighted by Crippen LogP contribution is -2.45. The summed E-state index contributed by atoms with van der Waals surface area (Å²) >= 11 is 5.53. The summed E-state index contributed by atoms with van der Waals surface area (Å²) in [4.78, 5) is 17.7. The number of nitrogens with zero attached hydrogens (tertiary/aromatic N) is 2. The second-order valence-electron chi connectivity index (χ2n) is 8.16. The summed E-state index contributed by atoms with van der Waals surface area (Å²) in [5.74, 6) is -0.425. The Balaban J connectivity index is 2.03. The van der Waals surface area contributed by atoms with Gasteiger partial charge in [0, 0.05) is 39.4 Å². The number of amides is 1. The minimum absolute atomic E-state index is 0.258. The molecule has 0 bridgehead atoms. The molecule has 1 amide bonds. The number of rotatable bonds is 7. The summed E-state index contributed by atoms with van der Waals surface area (Å²) < 4.78 is 29.0. The summed E-state index contributed by atoms with van der Waals surface area (Å²) in [5.41, 5.74) is -0.195. The van der Waals surface area contributed by atoms with Gasteiger partial charge in [-0.05, 0) is 52.3 Å². The van der Waals surface area contributed by atoms with Gasteiger partial charge in [-0.3, -0.25) is 0 Å². The molecule has 0 fully saturated rings. The van der Waals surface area contributed by atoms with E-state index in [0.29, 0.717) is 15.7 Å². The second kappa shape index (κ2) is 9.18. The van der Waals surface area contributed by atoms with Gasteiger partial charge >= 0.3 is 6.09 Å². The Morgan fingerprint density at radius 1 is 1.38 bits per heavy atom. The smallest absolute Gasteiger partial charge is 0.414 e. The Bertz CT molecular complexity index is 871. The number of carboxylic acid groups (broad SMARTS) is 1. The van der Waals surface area contributed by atoms with Crippen molar-refractivity contribution < 1.29 is 18.8 Å². The third-order valence-electron chi connectivity index (χ3n) is 4.11. The normalized spacial score (nSPS) is 13.4. The highest BCUT2D eigenvalue weighted by atomic mass is 35.5. The second-order valence-corrected chi connectivity index (χ2v) is 11.6. The number of nitrogens with one attached hydrogen (secondary N) is 1. The minimum Gasteiger partial charge on any atom is -0.598 e. The zero-order valence-corrected chi connectivity index (χ0v) is 19.3. The SMILES string of the molecule is CC(C)(C)N(C(=O)O)c1ncc(CN[S@+]([O-])C(C)(C)Cc2ccc(Cl)cc2F)s1. The van der Waals surface area contributed by atoms with Crippen LogP contribution in [0.25, 0.3) is 0 Å². The monoisotopic (exact) mass is 461 g/mol. The van der Waals surface area contributed by atoms with Crippen LogP contribution in [0.4, 0.5) is 14.3 Å². The van der Waals surface area contributed by atoms with Crippen LogP contribution in [0, 0.1) is 5.82 Å². The van der Waals surface area contributed by atoms with Gasteiger partial charge in [-0.15, -0.1) is 4.72 Å². The molecule has 0 radical (unpaired) electrons. The van der Waals surface area contributed by atoms with Gasteiger partial charge in [0.2, 0.25) is 0 Å². The van der Waals surface area contributed by atoms with E-state index in [4.69, 9.17) is 11.6 Å². The molecule has 1 heterocycles. The molecule has 0 aliphatic rings. The number of benzene rings is 1. The lowest BCUT2D eigenvalue weighted by molar-refractivity contribution is 0.195. The molecular formula is C19H25ClFN3O3S2. The average molecular weight is 462 g/mol. The topological polar surface area (TPSA) is 88.5 Å². The first-order valence-electron chi connectivity index (χ1n) is 8.88. The van der Waals surface area contributed by atoms with Crippen LogP contribution in [0.1, 0.15) is 45.1 Å². The number of halogens is 2. The molecule has 10 heteroatoms. The molecule has 0 aliphatic heterocycles. The van der Waals surface area contributed by atoms with Gasteiger partial charge < -0.3 is 9.66 Å². The minimum atomic E-state index is -1.47. The Hall–Kier alpha value is -1.39. The quantitative estimate of drug-likeness (QED) is 0.567. The summed E-state index contributed by atoms with van der Waals surface area (Å²) in [6.45, 7) is 9.19. The Morgan fingerprint density at radius 3 is 2.59 bits per heavy atom. The lowest BCUT2D eigenvalue weighted by atomic mass is 10.0. The van der Waals surface area contributed by atoms with Crippen LogP contribution in [-0.4, -0.2) is 31.0 Å². The largest absolute Gasteiger partial charge is 0.598 e. The van der Waals surface area contributed by atoms with E-state index in [1.807, 2.05) is 0 Å². The van der Waals surface area contributed by atoms with E-state index in [2.05, 4.69) is 9.71 Å². The lowest BCUT2D eigenvalue weighted by Gasteiger charge is -2.30. The highest BCUT2D eigenvalue weighted by Crippen LogP contribution is 2.30. The number of anilines is 1. The molecule has 0 aliphatic carbocycles. The first-order chi connectivity index (χ1) is 13.3. The van der Waals surface area contributed by atoms with Crippen molar-refractivity contribution >= 4 is 45.5 Å². The summed E-state index contributed by atoms with van der Waals surface area (Å²) in [5, 5.41) is 10.1. The van der Waals surface area contributed by atoms with Crippen molar-refractivity contribution in [3.05, 3.63) is 45.7 Å². The summed E-state index contributed by atoms with van der Waals surface area (Å²) in [7, 11) is 0. The molecule has 1 aromatic heterocycles.